The fourth-order valence-electron chi connectivity index (χ4n) is 2.04. The normalized spacial score (nSPS) is 12.2. The maximum atomic E-state index is 12.6. The van der Waals surface area contributed by atoms with E-state index in [0.717, 1.165) is 14.3 Å². The van der Waals surface area contributed by atoms with Gasteiger partial charge in [-0.15, -0.1) is 22.7 Å². The molecule has 21 heavy (non-hydrogen) atoms. The maximum absolute atomic E-state index is 12.6. The first-order chi connectivity index (χ1) is 10.0. The first kappa shape index (κ1) is 15.8. The van der Waals surface area contributed by atoms with E-state index in [-0.39, 0.29) is 11.7 Å². The predicted molar refractivity (Wildman–Crippen MR) is 88.5 cm³/mol. The standard InChI is InChI=1S/C14H19N3O2S2/c1-9(2)8-17(5-3-13(15)16-19)14(18)12-7-11-10(21-12)4-6-20-11/h4,6-7,9,19H,3,5,8H2,1-2H3,(H2,15,16). The van der Waals surface area contributed by atoms with Gasteiger partial charge in [0.25, 0.3) is 5.91 Å². The summed E-state index contributed by atoms with van der Waals surface area (Å²) in [6.45, 7) is 5.25. The van der Waals surface area contributed by atoms with Gasteiger partial charge in [-0.2, -0.15) is 0 Å². The van der Waals surface area contributed by atoms with Gasteiger partial charge >= 0.3 is 0 Å². The molecule has 0 fully saturated rings. The van der Waals surface area contributed by atoms with Crippen LogP contribution in [0.1, 0.15) is 29.9 Å². The summed E-state index contributed by atoms with van der Waals surface area (Å²) >= 11 is 3.16. The largest absolute Gasteiger partial charge is 0.409 e. The average Bonchev–Trinajstić information content (AvgIpc) is 3.02. The summed E-state index contributed by atoms with van der Waals surface area (Å²) in [5, 5.41) is 13.6. The third-order valence-electron chi connectivity index (χ3n) is 2.99. The summed E-state index contributed by atoms with van der Waals surface area (Å²) < 4.78 is 2.29. The summed E-state index contributed by atoms with van der Waals surface area (Å²) in [4.78, 5) is 15.2. The minimum atomic E-state index is 0.0165. The van der Waals surface area contributed by atoms with E-state index in [1.54, 1.807) is 16.2 Å². The Kier molecular flexibility index (Phi) is 5.19. The Morgan fingerprint density at radius 1 is 1.48 bits per heavy atom. The molecule has 0 radical (unpaired) electrons. The van der Waals surface area contributed by atoms with Gasteiger partial charge in [0.1, 0.15) is 5.84 Å². The van der Waals surface area contributed by atoms with E-state index in [4.69, 9.17) is 10.9 Å². The van der Waals surface area contributed by atoms with Crippen molar-refractivity contribution in [2.45, 2.75) is 20.3 Å². The van der Waals surface area contributed by atoms with Crippen molar-refractivity contribution < 1.29 is 10.0 Å². The van der Waals surface area contributed by atoms with Crippen molar-refractivity contribution in [3.63, 3.8) is 0 Å². The highest BCUT2D eigenvalue weighted by Gasteiger charge is 2.19. The molecule has 7 heteroatoms. The van der Waals surface area contributed by atoms with Crippen LogP contribution < -0.4 is 5.73 Å². The lowest BCUT2D eigenvalue weighted by molar-refractivity contribution is 0.0745. The second-order valence-electron chi connectivity index (χ2n) is 5.25. The zero-order valence-corrected chi connectivity index (χ0v) is 13.7. The highest BCUT2D eigenvalue weighted by Crippen LogP contribution is 2.30. The van der Waals surface area contributed by atoms with Gasteiger partial charge in [0.15, 0.2) is 0 Å². The van der Waals surface area contributed by atoms with E-state index < -0.39 is 0 Å². The highest BCUT2D eigenvalue weighted by molar-refractivity contribution is 7.27. The summed E-state index contributed by atoms with van der Waals surface area (Å²) in [6.07, 6.45) is 0.370. The Balaban J connectivity index is 2.14. The van der Waals surface area contributed by atoms with Gasteiger partial charge in [-0.25, -0.2) is 0 Å². The molecule has 1 amide bonds. The van der Waals surface area contributed by atoms with E-state index in [0.29, 0.717) is 25.4 Å². The van der Waals surface area contributed by atoms with Crippen LogP contribution in [0, 0.1) is 5.92 Å². The van der Waals surface area contributed by atoms with E-state index in [9.17, 15) is 4.79 Å². The molecular formula is C14H19N3O2S2. The van der Waals surface area contributed by atoms with Gasteiger partial charge in [-0.05, 0) is 23.4 Å². The molecule has 0 saturated heterocycles. The number of amides is 1. The van der Waals surface area contributed by atoms with Crippen LogP contribution in [-0.2, 0) is 0 Å². The van der Waals surface area contributed by atoms with Gasteiger partial charge < -0.3 is 15.8 Å². The van der Waals surface area contributed by atoms with E-state index in [1.807, 2.05) is 17.5 Å². The predicted octanol–water partition coefficient (Wildman–Crippen LogP) is 3.20. The Morgan fingerprint density at radius 3 is 2.86 bits per heavy atom. The fourth-order valence-corrected chi connectivity index (χ4v) is 4.12. The number of oxime groups is 1. The third-order valence-corrected chi connectivity index (χ3v) is 5.07. The summed E-state index contributed by atoms with van der Waals surface area (Å²) in [6, 6.07) is 3.98. The smallest absolute Gasteiger partial charge is 0.264 e. The zero-order valence-electron chi connectivity index (χ0n) is 12.1. The lowest BCUT2D eigenvalue weighted by Crippen LogP contribution is -2.36. The van der Waals surface area contributed by atoms with Crippen molar-refractivity contribution in [1.82, 2.24) is 4.90 Å². The van der Waals surface area contributed by atoms with Gasteiger partial charge in [0, 0.05) is 28.9 Å². The molecule has 0 aliphatic carbocycles. The summed E-state index contributed by atoms with van der Waals surface area (Å²) in [5.74, 6) is 0.522. The highest BCUT2D eigenvalue weighted by atomic mass is 32.1. The van der Waals surface area contributed by atoms with Crippen molar-refractivity contribution in [2.75, 3.05) is 13.1 Å². The minimum absolute atomic E-state index is 0.0165. The van der Waals surface area contributed by atoms with Crippen molar-refractivity contribution >= 4 is 43.8 Å². The number of hydrogen-bond acceptors (Lipinski definition) is 5. The van der Waals surface area contributed by atoms with Crippen LogP contribution >= 0.6 is 22.7 Å². The van der Waals surface area contributed by atoms with Crippen molar-refractivity contribution in [2.24, 2.45) is 16.8 Å². The quantitative estimate of drug-likeness (QED) is 0.370. The number of thiophene rings is 2. The molecule has 2 heterocycles. The van der Waals surface area contributed by atoms with E-state index >= 15 is 0 Å². The maximum Gasteiger partial charge on any atom is 0.264 e. The number of rotatable bonds is 6. The van der Waals surface area contributed by atoms with E-state index in [2.05, 4.69) is 19.0 Å². The molecule has 2 rings (SSSR count). The molecular weight excluding hydrogens is 306 g/mol. The van der Waals surface area contributed by atoms with Crippen LogP contribution in [0.2, 0.25) is 0 Å². The average molecular weight is 325 g/mol. The second kappa shape index (κ2) is 6.91. The Morgan fingerprint density at radius 2 is 2.24 bits per heavy atom. The fraction of sp³-hybridized carbons (Fsp3) is 0.429. The van der Waals surface area contributed by atoms with Crippen LogP contribution in [0.15, 0.2) is 22.7 Å². The number of carbonyl (C=O) groups is 1. The second-order valence-corrected chi connectivity index (χ2v) is 7.28. The monoisotopic (exact) mass is 325 g/mol. The van der Waals surface area contributed by atoms with Crippen molar-refractivity contribution in [1.29, 1.82) is 0 Å². The van der Waals surface area contributed by atoms with Gasteiger partial charge in [0.2, 0.25) is 0 Å². The van der Waals surface area contributed by atoms with Crippen LogP contribution in [0.25, 0.3) is 9.40 Å². The molecule has 2 aromatic heterocycles. The molecule has 0 unspecified atom stereocenters. The number of carbonyl (C=O) groups excluding carboxylic acids is 1. The van der Waals surface area contributed by atoms with Crippen LogP contribution in [0.4, 0.5) is 0 Å². The minimum Gasteiger partial charge on any atom is -0.409 e. The molecule has 0 aliphatic heterocycles. The van der Waals surface area contributed by atoms with Gasteiger partial charge in [0.05, 0.1) is 4.88 Å². The van der Waals surface area contributed by atoms with Crippen molar-refractivity contribution in [3.8, 4) is 0 Å². The number of hydrogen-bond donors (Lipinski definition) is 2. The lowest BCUT2D eigenvalue weighted by Gasteiger charge is -2.23. The molecule has 0 atom stereocenters. The summed E-state index contributed by atoms with van der Waals surface area (Å²) in [7, 11) is 0. The van der Waals surface area contributed by atoms with Crippen LogP contribution in [0.3, 0.4) is 0 Å². The molecule has 0 aromatic carbocycles. The van der Waals surface area contributed by atoms with E-state index in [1.165, 1.54) is 11.3 Å². The number of fused-ring (bicyclic) bond motifs is 1. The van der Waals surface area contributed by atoms with Gasteiger partial charge in [-0.3, -0.25) is 4.79 Å². The first-order valence-corrected chi connectivity index (χ1v) is 8.43. The molecule has 5 nitrogen and oxygen atoms in total. The molecule has 3 N–H and O–H groups in total. The van der Waals surface area contributed by atoms with Crippen LogP contribution in [0.5, 0.6) is 0 Å². The first-order valence-electron chi connectivity index (χ1n) is 6.74. The molecule has 2 aromatic rings. The third kappa shape index (κ3) is 3.95. The molecule has 0 saturated carbocycles. The number of nitrogens with zero attached hydrogens (tertiary/aromatic N) is 2. The Bertz CT molecular complexity index is 617. The molecule has 0 aliphatic rings. The Labute approximate surface area is 131 Å². The molecule has 114 valence electrons. The zero-order chi connectivity index (χ0) is 15.4. The van der Waals surface area contributed by atoms with Crippen molar-refractivity contribution in [3.05, 3.63) is 22.4 Å². The molecule has 0 spiro atoms. The lowest BCUT2D eigenvalue weighted by atomic mass is 10.2. The topological polar surface area (TPSA) is 78.9 Å². The number of nitrogens with two attached hydrogens (primary N) is 1. The SMILES string of the molecule is CC(C)CN(CC/C(N)=N/O)C(=O)c1cc2sccc2s1. The summed E-state index contributed by atoms with van der Waals surface area (Å²) in [5.41, 5.74) is 5.50. The van der Waals surface area contributed by atoms with Gasteiger partial charge in [-0.1, -0.05) is 19.0 Å². The van der Waals surface area contributed by atoms with Crippen LogP contribution in [-0.4, -0.2) is 34.9 Å². The Hall–Kier alpha value is -1.60. The molecule has 0 bridgehead atoms. The number of amidine groups is 1.